The van der Waals surface area contributed by atoms with Gasteiger partial charge >= 0.3 is 5.63 Å². The molecular weight excluding hydrogens is 382 g/mol. The predicted molar refractivity (Wildman–Crippen MR) is 116 cm³/mol. The smallest absolute Gasteiger partial charge is 0.340 e. The summed E-state index contributed by atoms with van der Waals surface area (Å²) < 4.78 is 17.1. The summed E-state index contributed by atoms with van der Waals surface area (Å²) in [7, 11) is 0. The fourth-order valence-electron chi connectivity index (χ4n) is 4.30. The van der Waals surface area contributed by atoms with E-state index in [0.29, 0.717) is 23.3 Å². The molecule has 1 aliphatic heterocycles. The van der Waals surface area contributed by atoms with Crippen molar-refractivity contribution < 1.29 is 18.4 Å². The second-order valence-electron chi connectivity index (χ2n) is 9.28. The average Bonchev–Trinajstić information content (AvgIpc) is 3.32. The van der Waals surface area contributed by atoms with E-state index in [-0.39, 0.29) is 23.8 Å². The normalized spacial score (nSPS) is 17.2. The molecule has 160 valence electrons. The van der Waals surface area contributed by atoms with Crippen LogP contribution in [-0.2, 0) is 21.4 Å². The maximum Gasteiger partial charge on any atom is 0.340 e. The molecule has 0 radical (unpaired) electrons. The van der Waals surface area contributed by atoms with Crippen molar-refractivity contribution in [2.45, 2.75) is 65.4 Å². The Morgan fingerprint density at radius 3 is 2.67 bits per heavy atom. The van der Waals surface area contributed by atoms with Crippen LogP contribution in [0.5, 0.6) is 0 Å². The first-order chi connectivity index (χ1) is 14.2. The average molecular weight is 411 g/mol. The van der Waals surface area contributed by atoms with Crippen LogP contribution in [0.3, 0.4) is 0 Å². The Hall–Kier alpha value is -2.60. The van der Waals surface area contributed by atoms with E-state index in [9.17, 15) is 9.59 Å². The number of carbonyl (C=O) groups is 1. The van der Waals surface area contributed by atoms with Gasteiger partial charge in [0.05, 0.1) is 29.7 Å². The van der Waals surface area contributed by atoms with E-state index in [4.69, 9.17) is 13.6 Å². The first-order valence-corrected chi connectivity index (χ1v) is 10.5. The lowest BCUT2D eigenvalue weighted by Gasteiger charge is -2.17. The van der Waals surface area contributed by atoms with Crippen LogP contribution in [0.15, 0.2) is 26.0 Å². The summed E-state index contributed by atoms with van der Waals surface area (Å²) in [4.78, 5) is 25.2. The Morgan fingerprint density at radius 1 is 1.23 bits per heavy atom. The van der Waals surface area contributed by atoms with Gasteiger partial charge in [0.1, 0.15) is 11.2 Å². The molecule has 0 aliphatic carbocycles. The van der Waals surface area contributed by atoms with E-state index >= 15 is 0 Å². The van der Waals surface area contributed by atoms with Gasteiger partial charge in [0, 0.05) is 24.1 Å². The summed E-state index contributed by atoms with van der Waals surface area (Å²) in [5, 5.41) is 4.68. The summed E-state index contributed by atoms with van der Waals surface area (Å²) in [5.41, 5.74) is 3.84. The van der Waals surface area contributed by atoms with Crippen molar-refractivity contribution in [2.24, 2.45) is 0 Å². The van der Waals surface area contributed by atoms with Crippen LogP contribution in [0, 0.1) is 13.8 Å². The Kier molecular flexibility index (Phi) is 5.22. The second-order valence-corrected chi connectivity index (χ2v) is 9.28. The fraction of sp³-hybridized carbons (Fsp3) is 0.500. The third kappa shape index (κ3) is 3.65. The highest BCUT2D eigenvalue weighted by atomic mass is 16.5. The minimum absolute atomic E-state index is 0.0287. The van der Waals surface area contributed by atoms with Gasteiger partial charge in [-0.3, -0.25) is 4.79 Å². The van der Waals surface area contributed by atoms with Crippen molar-refractivity contribution in [3.05, 3.63) is 45.0 Å². The van der Waals surface area contributed by atoms with Gasteiger partial charge < -0.3 is 18.9 Å². The van der Waals surface area contributed by atoms with E-state index in [0.717, 1.165) is 46.9 Å². The Labute approximate surface area is 175 Å². The first kappa shape index (κ1) is 20.7. The van der Waals surface area contributed by atoms with Crippen molar-refractivity contribution in [3.8, 4) is 0 Å². The largest absolute Gasteiger partial charge is 0.463 e. The number of benzene rings is 1. The molecule has 1 saturated heterocycles. The van der Waals surface area contributed by atoms with Gasteiger partial charge in [0.2, 0.25) is 5.91 Å². The van der Waals surface area contributed by atoms with Gasteiger partial charge in [-0.1, -0.05) is 20.8 Å². The number of ether oxygens (including phenoxy) is 1. The van der Waals surface area contributed by atoms with E-state index in [2.05, 4.69) is 26.1 Å². The van der Waals surface area contributed by atoms with Gasteiger partial charge in [0.15, 0.2) is 0 Å². The van der Waals surface area contributed by atoms with E-state index in [1.165, 1.54) is 0 Å². The van der Waals surface area contributed by atoms with Crippen molar-refractivity contribution in [1.82, 2.24) is 5.32 Å². The molecule has 0 saturated carbocycles. The summed E-state index contributed by atoms with van der Waals surface area (Å²) in [6.07, 6.45) is 3.78. The molecule has 0 bridgehead atoms. The van der Waals surface area contributed by atoms with Crippen LogP contribution < -0.4 is 10.9 Å². The molecule has 6 heteroatoms. The lowest BCUT2D eigenvalue weighted by atomic mass is 9.85. The van der Waals surface area contributed by atoms with Crippen LogP contribution in [0.25, 0.3) is 21.9 Å². The Morgan fingerprint density at radius 2 is 2.00 bits per heavy atom. The fourth-order valence-corrected chi connectivity index (χ4v) is 4.30. The molecule has 2 aromatic heterocycles. The Bertz CT molecular complexity index is 1170. The maximum absolute atomic E-state index is 12.7. The molecule has 6 nitrogen and oxygen atoms in total. The molecule has 1 N–H and O–H groups in total. The molecule has 30 heavy (non-hydrogen) atoms. The molecule has 1 fully saturated rings. The zero-order valence-corrected chi connectivity index (χ0v) is 18.3. The molecule has 1 aliphatic rings. The van der Waals surface area contributed by atoms with Crippen LogP contribution in [0.1, 0.15) is 55.9 Å². The lowest BCUT2D eigenvalue weighted by Crippen LogP contribution is -2.34. The predicted octanol–water partition coefficient (Wildman–Crippen LogP) is 4.29. The lowest BCUT2D eigenvalue weighted by molar-refractivity contribution is -0.121. The maximum atomic E-state index is 12.7. The zero-order valence-electron chi connectivity index (χ0n) is 18.3. The highest BCUT2D eigenvalue weighted by molar-refractivity contribution is 6.07. The van der Waals surface area contributed by atoms with E-state index < -0.39 is 5.63 Å². The molecule has 1 unspecified atom stereocenters. The van der Waals surface area contributed by atoms with Crippen molar-refractivity contribution in [1.29, 1.82) is 0 Å². The number of hydrogen-bond donors (Lipinski definition) is 1. The number of nitrogens with one attached hydrogen (secondary N) is 1. The minimum atomic E-state index is -0.478. The summed E-state index contributed by atoms with van der Waals surface area (Å²) in [5.74, 6) is -0.210. The molecule has 1 aromatic carbocycles. The first-order valence-electron chi connectivity index (χ1n) is 10.5. The quantitative estimate of drug-likeness (QED) is 0.648. The number of aryl methyl sites for hydroxylation is 2. The van der Waals surface area contributed by atoms with Gasteiger partial charge in [-0.2, -0.15) is 0 Å². The molecular formula is C24H29NO5. The minimum Gasteiger partial charge on any atom is -0.463 e. The monoisotopic (exact) mass is 411 g/mol. The topological polar surface area (TPSA) is 81.7 Å². The summed E-state index contributed by atoms with van der Waals surface area (Å²) in [6.45, 7) is 11.5. The number of fused-ring (bicyclic) bond motifs is 3. The standard InChI is InChI=1S/C24H29NO5/c1-13-9-18-21(22-20(13)17(12-29-22)24(3,4)5)14(2)16(23(27)30-18)10-19(26)25-11-15-7-6-8-28-15/h9,12,15H,6-8,10-11H2,1-5H3,(H,25,26). The van der Waals surface area contributed by atoms with Gasteiger partial charge in [-0.25, -0.2) is 4.79 Å². The number of furan rings is 1. The van der Waals surface area contributed by atoms with Crippen LogP contribution in [0.2, 0.25) is 0 Å². The van der Waals surface area contributed by atoms with E-state index in [1.807, 2.05) is 19.9 Å². The zero-order chi connectivity index (χ0) is 21.6. The number of hydrogen-bond acceptors (Lipinski definition) is 5. The van der Waals surface area contributed by atoms with Gasteiger partial charge in [0.25, 0.3) is 0 Å². The van der Waals surface area contributed by atoms with Crippen molar-refractivity contribution in [3.63, 3.8) is 0 Å². The van der Waals surface area contributed by atoms with Gasteiger partial charge in [-0.05, 0) is 49.3 Å². The molecule has 1 amide bonds. The Balaban J connectivity index is 1.75. The second kappa shape index (κ2) is 7.58. The number of rotatable bonds is 4. The molecule has 0 spiro atoms. The number of amides is 1. The third-order valence-corrected chi connectivity index (χ3v) is 5.98. The van der Waals surface area contributed by atoms with E-state index in [1.54, 1.807) is 6.26 Å². The summed E-state index contributed by atoms with van der Waals surface area (Å²) in [6, 6.07) is 1.89. The molecule has 4 rings (SSSR count). The summed E-state index contributed by atoms with van der Waals surface area (Å²) >= 11 is 0. The van der Waals surface area contributed by atoms with Crippen molar-refractivity contribution >= 4 is 27.8 Å². The SMILES string of the molecule is Cc1cc2oc(=O)c(CC(=O)NCC3CCCO3)c(C)c2c2occ(C(C)(C)C)c12. The van der Waals surface area contributed by atoms with Gasteiger partial charge in [-0.15, -0.1) is 0 Å². The van der Waals surface area contributed by atoms with Crippen molar-refractivity contribution in [2.75, 3.05) is 13.2 Å². The van der Waals surface area contributed by atoms with Crippen LogP contribution >= 0.6 is 0 Å². The van der Waals surface area contributed by atoms with Crippen LogP contribution in [0.4, 0.5) is 0 Å². The number of carbonyl (C=O) groups excluding carboxylic acids is 1. The van der Waals surface area contributed by atoms with Crippen LogP contribution in [-0.4, -0.2) is 25.2 Å². The molecule has 1 atom stereocenters. The highest BCUT2D eigenvalue weighted by Gasteiger charge is 2.25. The third-order valence-electron chi connectivity index (χ3n) is 5.98. The molecule has 3 heterocycles. The highest BCUT2D eigenvalue weighted by Crippen LogP contribution is 2.38. The molecule has 3 aromatic rings.